The van der Waals surface area contributed by atoms with Crippen LogP contribution in [0.15, 0.2) is 35.0 Å². The van der Waals surface area contributed by atoms with Gasteiger partial charge in [-0.15, -0.1) is 0 Å². The van der Waals surface area contributed by atoms with Crippen LogP contribution in [-0.4, -0.2) is 29.0 Å². The molecule has 146 valence electrons. The highest BCUT2D eigenvalue weighted by atomic mass is 35.5. The predicted octanol–water partition coefficient (Wildman–Crippen LogP) is 4.03. The Morgan fingerprint density at radius 3 is 2.75 bits per heavy atom. The third-order valence-corrected chi connectivity index (χ3v) is 5.89. The molecule has 3 heterocycles. The topological polar surface area (TPSA) is 71.3 Å². The molecule has 1 aliphatic rings. The number of aryl methyl sites for hydroxylation is 2. The molecular formula is C21H23ClN4O2. The Morgan fingerprint density at radius 1 is 1.25 bits per heavy atom. The zero-order valence-electron chi connectivity index (χ0n) is 16.0. The molecule has 28 heavy (non-hydrogen) atoms. The number of halogens is 1. The van der Waals surface area contributed by atoms with Crippen molar-refractivity contribution in [3.8, 4) is 0 Å². The minimum atomic E-state index is 0.00301. The first kappa shape index (κ1) is 18.7. The first-order valence-corrected chi connectivity index (χ1v) is 9.89. The molecule has 0 spiro atoms. The second-order valence-electron chi connectivity index (χ2n) is 7.23. The van der Waals surface area contributed by atoms with Crippen molar-refractivity contribution in [1.29, 1.82) is 0 Å². The number of piperidine rings is 1. The Morgan fingerprint density at radius 2 is 2.00 bits per heavy atom. The van der Waals surface area contributed by atoms with Gasteiger partial charge in [-0.2, -0.15) is 0 Å². The number of benzene rings is 1. The number of nitrogens with one attached hydrogen (secondary N) is 1. The predicted molar refractivity (Wildman–Crippen MR) is 110 cm³/mol. The molecule has 1 N–H and O–H groups in total. The standard InChI is InChI=1S/C21H23ClN4O2/c1-13-14(2)28-21-18(13)19(24-12-25-21)26-9-7-15(8-10-26)20(27)23-11-16-5-3-4-6-17(16)22/h3-6,12,15H,7-11H2,1-2H3,(H,23,27). The van der Waals surface area contributed by atoms with Crippen LogP contribution in [0.3, 0.4) is 0 Å². The number of aromatic nitrogens is 2. The lowest BCUT2D eigenvalue weighted by molar-refractivity contribution is -0.125. The number of carbonyl (C=O) groups is 1. The molecule has 0 bridgehead atoms. The lowest BCUT2D eigenvalue weighted by Crippen LogP contribution is -2.40. The largest absolute Gasteiger partial charge is 0.443 e. The fourth-order valence-electron chi connectivity index (χ4n) is 3.73. The summed E-state index contributed by atoms with van der Waals surface area (Å²) in [5.41, 5.74) is 2.63. The van der Waals surface area contributed by atoms with Gasteiger partial charge in [0.1, 0.15) is 17.9 Å². The van der Waals surface area contributed by atoms with Crippen molar-refractivity contribution in [2.24, 2.45) is 5.92 Å². The number of rotatable bonds is 4. The van der Waals surface area contributed by atoms with Gasteiger partial charge in [0.2, 0.25) is 11.6 Å². The molecule has 0 saturated carbocycles. The summed E-state index contributed by atoms with van der Waals surface area (Å²) in [5.74, 6) is 1.85. The molecule has 0 atom stereocenters. The Bertz CT molecular complexity index is 1010. The van der Waals surface area contributed by atoms with Crippen LogP contribution in [0.4, 0.5) is 5.82 Å². The lowest BCUT2D eigenvalue weighted by atomic mass is 9.95. The first-order valence-electron chi connectivity index (χ1n) is 9.51. The summed E-state index contributed by atoms with van der Waals surface area (Å²) in [6.07, 6.45) is 3.12. The van der Waals surface area contributed by atoms with Crippen LogP contribution < -0.4 is 10.2 Å². The molecule has 0 radical (unpaired) electrons. The van der Waals surface area contributed by atoms with Gasteiger partial charge in [0.15, 0.2) is 0 Å². The Labute approximate surface area is 168 Å². The van der Waals surface area contributed by atoms with E-state index in [0.717, 1.165) is 54.0 Å². The van der Waals surface area contributed by atoms with Crippen molar-refractivity contribution in [2.75, 3.05) is 18.0 Å². The molecule has 1 aliphatic heterocycles. The highest BCUT2D eigenvalue weighted by Crippen LogP contribution is 2.32. The highest BCUT2D eigenvalue weighted by Gasteiger charge is 2.27. The van der Waals surface area contributed by atoms with Crippen molar-refractivity contribution >= 4 is 34.4 Å². The molecule has 4 rings (SSSR count). The van der Waals surface area contributed by atoms with E-state index in [9.17, 15) is 4.79 Å². The molecular weight excluding hydrogens is 376 g/mol. The molecule has 1 fully saturated rings. The Hall–Kier alpha value is -2.60. The SMILES string of the molecule is Cc1oc2ncnc(N3CCC(C(=O)NCc4ccccc4Cl)CC3)c2c1C. The molecule has 1 aromatic carbocycles. The molecule has 2 aromatic heterocycles. The Kier molecular flexibility index (Phi) is 5.22. The van der Waals surface area contributed by atoms with Crippen molar-refractivity contribution < 1.29 is 9.21 Å². The zero-order chi connectivity index (χ0) is 19.7. The number of nitrogens with zero attached hydrogens (tertiary/aromatic N) is 3. The number of carbonyl (C=O) groups excluding carboxylic acids is 1. The van der Waals surface area contributed by atoms with Crippen molar-refractivity contribution in [3.63, 3.8) is 0 Å². The Balaban J connectivity index is 1.40. The van der Waals surface area contributed by atoms with Gasteiger partial charge >= 0.3 is 0 Å². The van der Waals surface area contributed by atoms with E-state index in [0.29, 0.717) is 17.3 Å². The van der Waals surface area contributed by atoms with E-state index in [4.69, 9.17) is 16.0 Å². The van der Waals surface area contributed by atoms with Gasteiger partial charge in [-0.1, -0.05) is 29.8 Å². The number of amides is 1. The first-order chi connectivity index (χ1) is 13.5. The molecule has 6 nitrogen and oxygen atoms in total. The number of furan rings is 1. The number of hydrogen-bond acceptors (Lipinski definition) is 5. The normalized spacial score (nSPS) is 15.2. The van der Waals surface area contributed by atoms with Gasteiger partial charge < -0.3 is 14.6 Å². The number of fused-ring (bicyclic) bond motifs is 1. The summed E-state index contributed by atoms with van der Waals surface area (Å²) in [6, 6.07) is 7.58. The average molecular weight is 399 g/mol. The van der Waals surface area contributed by atoms with E-state index in [1.165, 1.54) is 0 Å². The van der Waals surface area contributed by atoms with E-state index in [-0.39, 0.29) is 11.8 Å². The second-order valence-corrected chi connectivity index (χ2v) is 7.64. The number of hydrogen-bond donors (Lipinski definition) is 1. The summed E-state index contributed by atoms with van der Waals surface area (Å²) < 4.78 is 5.72. The van der Waals surface area contributed by atoms with Gasteiger partial charge in [0.05, 0.1) is 5.39 Å². The van der Waals surface area contributed by atoms with Crippen LogP contribution in [0.5, 0.6) is 0 Å². The minimum absolute atomic E-state index is 0.00301. The third kappa shape index (κ3) is 3.56. The van der Waals surface area contributed by atoms with Crippen LogP contribution in [0.2, 0.25) is 5.02 Å². The maximum Gasteiger partial charge on any atom is 0.231 e. The third-order valence-electron chi connectivity index (χ3n) is 5.52. The maximum absolute atomic E-state index is 12.6. The highest BCUT2D eigenvalue weighted by molar-refractivity contribution is 6.31. The van der Waals surface area contributed by atoms with E-state index in [2.05, 4.69) is 20.2 Å². The van der Waals surface area contributed by atoms with Crippen LogP contribution in [-0.2, 0) is 11.3 Å². The van der Waals surface area contributed by atoms with Crippen LogP contribution in [0, 0.1) is 19.8 Å². The van der Waals surface area contributed by atoms with Crippen molar-refractivity contribution in [2.45, 2.75) is 33.2 Å². The summed E-state index contributed by atoms with van der Waals surface area (Å²) in [4.78, 5) is 23.6. The molecule has 0 unspecified atom stereocenters. The molecule has 3 aromatic rings. The average Bonchev–Trinajstić information content (AvgIpc) is 3.01. The van der Waals surface area contributed by atoms with Gasteiger partial charge in [-0.25, -0.2) is 9.97 Å². The monoisotopic (exact) mass is 398 g/mol. The molecule has 1 amide bonds. The summed E-state index contributed by atoms with van der Waals surface area (Å²) in [7, 11) is 0. The minimum Gasteiger partial charge on any atom is -0.443 e. The molecule has 7 heteroatoms. The fourth-order valence-corrected chi connectivity index (χ4v) is 3.93. The van der Waals surface area contributed by atoms with Gasteiger partial charge in [-0.05, 0) is 38.3 Å². The zero-order valence-corrected chi connectivity index (χ0v) is 16.8. The maximum atomic E-state index is 12.6. The van der Waals surface area contributed by atoms with Crippen LogP contribution in [0.1, 0.15) is 29.7 Å². The fraction of sp³-hybridized carbons (Fsp3) is 0.381. The lowest BCUT2D eigenvalue weighted by Gasteiger charge is -2.32. The van der Waals surface area contributed by atoms with E-state index >= 15 is 0 Å². The summed E-state index contributed by atoms with van der Waals surface area (Å²) in [5, 5.41) is 4.67. The van der Waals surface area contributed by atoms with Gasteiger partial charge in [0, 0.05) is 36.1 Å². The van der Waals surface area contributed by atoms with Crippen LogP contribution in [0.25, 0.3) is 11.1 Å². The van der Waals surface area contributed by atoms with E-state index < -0.39 is 0 Å². The molecule has 1 saturated heterocycles. The molecule has 0 aliphatic carbocycles. The quantitative estimate of drug-likeness (QED) is 0.718. The van der Waals surface area contributed by atoms with Gasteiger partial charge in [0.25, 0.3) is 0 Å². The van der Waals surface area contributed by atoms with Gasteiger partial charge in [-0.3, -0.25) is 4.79 Å². The van der Waals surface area contributed by atoms with Crippen molar-refractivity contribution in [1.82, 2.24) is 15.3 Å². The second kappa shape index (κ2) is 7.80. The summed E-state index contributed by atoms with van der Waals surface area (Å²) in [6.45, 7) is 5.98. The number of anilines is 1. The summed E-state index contributed by atoms with van der Waals surface area (Å²) >= 11 is 6.16. The van der Waals surface area contributed by atoms with Crippen LogP contribution >= 0.6 is 11.6 Å². The smallest absolute Gasteiger partial charge is 0.231 e. The van der Waals surface area contributed by atoms with E-state index in [1.54, 1.807) is 6.33 Å². The van der Waals surface area contributed by atoms with E-state index in [1.807, 2.05) is 38.1 Å². The van der Waals surface area contributed by atoms with Crippen molar-refractivity contribution in [3.05, 3.63) is 52.5 Å².